The van der Waals surface area contributed by atoms with Gasteiger partial charge in [-0.15, -0.1) is 0 Å². The summed E-state index contributed by atoms with van der Waals surface area (Å²) < 4.78 is 29.1. The van der Waals surface area contributed by atoms with E-state index in [9.17, 15) is 0 Å². The van der Waals surface area contributed by atoms with E-state index in [0.29, 0.717) is 0 Å². The molecule has 0 aromatic carbocycles. The second kappa shape index (κ2) is 20.2. The van der Waals surface area contributed by atoms with Crippen LogP contribution in [0.4, 0.5) is 0 Å². The molecule has 6 aromatic rings. The highest BCUT2D eigenvalue weighted by molar-refractivity contribution is 7.40. The van der Waals surface area contributed by atoms with E-state index < -0.39 is 15.6 Å². The first-order valence-corrected chi connectivity index (χ1v) is 16.1. The fraction of sp³-hybridized carbons (Fsp3) is 0. The monoisotopic (exact) mass is 664 g/mol. The van der Waals surface area contributed by atoms with Gasteiger partial charge in [0.2, 0.25) is 74.4 Å². The topological polar surface area (TPSA) is 196 Å². The van der Waals surface area contributed by atoms with E-state index in [-0.39, 0.29) is 0 Å². The lowest BCUT2D eigenvalue weighted by molar-refractivity contribution is -1.30. The summed E-state index contributed by atoms with van der Waals surface area (Å²) in [5.41, 5.74) is 0. The van der Waals surface area contributed by atoms with Crippen molar-refractivity contribution in [3.63, 3.8) is 0 Å². The molecule has 6 heterocycles. The van der Waals surface area contributed by atoms with Gasteiger partial charge in [0.1, 0.15) is 0 Å². The summed E-state index contributed by atoms with van der Waals surface area (Å²) >= 11 is 0. The van der Waals surface area contributed by atoms with Gasteiger partial charge in [0, 0.05) is 72.8 Å². The van der Waals surface area contributed by atoms with Gasteiger partial charge in [-0.3, -0.25) is 0 Å². The molecule has 46 heavy (non-hydrogen) atoms. The van der Waals surface area contributed by atoms with Gasteiger partial charge in [0.05, 0.1) is 28.1 Å². The van der Waals surface area contributed by atoms with Crippen LogP contribution in [0.2, 0.25) is 0 Å². The molecule has 0 amide bonds. The van der Waals surface area contributed by atoms with Crippen LogP contribution in [0.1, 0.15) is 0 Å². The average molecular weight is 665 g/mol. The lowest BCUT2D eigenvalue weighted by Gasteiger charge is -2.36. The van der Waals surface area contributed by atoms with E-state index in [1.54, 1.807) is 0 Å². The Morgan fingerprint density at radius 3 is 0.413 bits per heavy atom. The first-order chi connectivity index (χ1) is 21.9. The smallest absolute Gasteiger partial charge is 0.242 e. The molecule has 0 aliphatic heterocycles. The van der Waals surface area contributed by atoms with Crippen LogP contribution in [-0.4, -0.2) is 0 Å². The largest absolute Gasteiger partial charge is 0.822 e. The minimum Gasteiger partial charge on any atom is -0.822 e. The molecule has 0 fully saturated rings. The van der Waals surface area contributed by atoms with E-state index in [1.807, 2.05) is 212 Å². The Morgan fingerprint density at radius 2 is 0.326 bits per heavy atom. The molecule has 0 N–H and O–H groups in total. The van der Waals surface area contributed by atoms with Gasteiger partial charge in [-0.1, -0.05) is 0 Å². The van der Waals surface area contributed by atoms with Gasteiger partial charge in [-0.25, -0.2) is 0 Å². The summed E-state index contributed by atoms with van der Waals surface area (Å²) in [6.45, 7) is 0. The number of hydrogen-bond donors (Lipinski definition) is 0. The van der Waals surface area contributed by atoms with E-state index in [2.05, 4.69) is 0 Å². The van der Waals surface area contributed by atoms with E-state index in [4.69, 9.17) is 38.5 Å². The number of rotatable bonds is 3. The summed E-state index contributed by atoms with van der Waals surface area (Å²) in [5.74, 6) is 0. The molecule has 16 heteroatoms. The van der Waals surface area contributed by atoms with Crippen molar-refractivity contribution in [2.45, 2.75) is 0 Å². The number of hydrogen-bond acceptors (Lipinski definition) is 8. The fourth-order valence-corrected chi connectivity index (χ4v) is 3.26. The Kier molecular flexibility index (Phi) is 16.4. The van der Waals surface area contributed by atoms with Gasteiger partial charge in [-0.05, 0) is 36.4 Å². The van der Waals surface area contributed by atoms with Crippen LogP contribution in [0.3, 0.4) is 0 Å². The quantitative estimate of drug-likeness (QED) is 0.135. The van der Waals surface area contributed by atoms with Crippen LogP contribution < -0.4 is 57.4 Å². The molecule has 0 aliphatic carbocycles. The molecule has 0 saturated carbocycles. The Bertz CT molecular complexity index is 1410. The lowest BCUT2D eigenvalue weighted by atomic mass is 10.5. The molecular formula is C30H30N6O8P2. The predicted octanol–water partition coefficient (Wildman–Crippen LogP) is -3.93. The SMILES string of the molecule is O=P([O-])([O-])[O-].O=P([O-])([O-])[O-].c1cc[n+](-[n+]2ccccc2)cc1.c1cc[n+](-[n+]2ccccc2)cc1.c1cc[n+](-[n+]2ccccc2)cc1. The summed E-state index contributed by atoms with van der Waals surface area (Å²) in [7, 11) is -10.8. The van der Waals surface area contributed by atoms with Crippen LogP contribution in [0.25, 0.3) is 0 Å². The zero-order valence-corrected chi connectivity index (χ0v) is 26.0. The summed E-state index contributed by atoms with van der Waals surface area (Å²) in [5, 5.41) is 0. The maximum absolute atomic E-state index is 8.55. The third-order valence-corrected chi connectivity index (χ3v) is 5.00. The molecule has 0 saturated heterocycles. The van der Waals surface area contributed by atoms with Crippen molar-refractivity contribution in [1.82, 2.24) is 0 Å². The highest BCUT2D eigenvalue weighted by Gasteiger charge is 2.08. The first-order valence-electron chi connectivity index (χ1n) is 13.2. The number of phosphoric acid groups is 2. The molecule has 238 valence electrons. The van der Waals surface area contributed by atoms with Crippen molar-refractivity contribution < 1.29 is 66.5 Å². The summed E-state index contributed by atoms with van der Waals surface area (Å²) in [4.78, 5) is 51.3. The molecule has 0 unspecified atom stereocenters. The van der Waals surface area contributed by atoms with Crippen molar-refractivity contribution in [1.29, 1.82) is 0 Å². The van der Waals surface area contributed by atoms with Crippen molar-refractivity contribution in [3.05, 3.63) is 184 Å². The molecular weight excluding hydrogens is 634 g/mol. The summed E-state index contributed by atoms with van der Waals surface area (Å²) in [6.07, 6.45) is 24.0. The van der Waals surface area contributed by atoms with Gasteiger partial charge in [0.15, 0.2) is 0 Å². The fourth-order valence-electron chi connectivity index (χ4n) is 3.26. The Hall–Kier alpha value is -4.88. The highest BCUT2D eigenvalue weighted by Crippen LogP contribution is 2.03. The maximum atomic E-state index is 8.55. The molecule has 6 rings (SSSR count). The normalized spacial score (nSPS) is 10.1. The molecule has 0 spiro atoms. The minimum absolute atomic E-state index is 2.00. The van der Waals surface area contributed by atoms with Crippen molar-refractivity contribution in [2.24, 2.45) is 0 Å². The van der Waals surface area contributed by atoms with Crippen LogP contribution in [0, 0.1) is 0 Å². The minimum atomic E-state index is -5.39. The van der Waals surface area contributed by atoms with Gasteiger partial charge in [-0.2, -0.15) is 15.6 Å². The Morgan fingerprint density at radius 1 is 0.239 bits per heavy atom. The Balaban J connectivity index is 0.000000210. The Labute approximate surface area is 265 Å². The van der Waals surface area contributed by atoms with E-state index >= 15 is 0 Å². The maximum Gasteiger partial charge on any atom is 0.242 e. The number of aromatic nitrogens is 6. The second-order valence-electron chi connectivity index (χ2n) is 8.43. The van der Waals surface area contributed by atoms with Gasteiger partial charge in [0.25, 0.3) is 0 Å². The second-order valence-corrected chi connectivity index (χ2v) is 10.2. The van der Waals surface area contributed by atoms with Crippen molar-refractivity contribution >= 4 is 15.6 Å². The van der Waals surface area contributed by atoms with Crippen LogP contribution in [-0.2, 0) is 9.13 Å². The zero-order valence-electron chi connectivity index (χ0n) is 24.2. The van der Waals surface area contributed by atoms with Crippen molar-refractivity contribution in [2.75, 3.05) is 0 Å². The summed E-state index contributed by atoms with van der Waals surface area (Å²) in [6, 6.07) is 36.0. The third-order valence-electron chi connectivity index (χ3n) is 5.00. The standard InChI is InChI=1S/3C10H10N2.2H3O4P/c3*1-3-7-11(8-4-1)12-9-5-2-6-10-12;2*1-5(2,3)4/h3*1-10H;2*(H3,1,2,3,4)/q3*+2;;/p-6. The molecule has 0 bridgehead atoms. The third kappa shape index (κ3) is 18.7. The highest BCUT2D eigenvalue weighted by atomic mass is 31.2. The van der Waals surface area contributed by atoms with Crippen LogP contribution in [0.15, 0.2) is 184 Å². The molecule has 6 aromatic heterocycles. The zero-order chi connectivity index (χ0) is 33.7. The number of nitrogens with zero attached hydrogens (tertiary/aromatic N) is 6. The first kappa shape index (κ1) is 37.3. The van der Waals surface area contributed by atoms with Gasteiger partial charge >= 0.3 is 0 Å². The van der Waals surface area contributed by atoms with E-state index in [1.165, 1.54) is 0 Å². The van der Waals surface area contributed by atoms with E-state index in [0.717, 1.165) is 0 Å². The molecule has 0 radical (unpaired) electrons. The number of pyridine rings is 6. The molecule has 0 aliphatic rings. The average Bonchev–Trinajstić information content (AvgIpc) is 3.06. The molecule has 0 atom stereocenters. The van der Waals surface area contributed by atoms with Crippen LogP contribution >= 0.6 is 15.6 Å². The predicted molar refractivity (Wildman–Crippen MR) is 147 cm³/mol. The van der Waals surface area contributed by atoms with Crippen molar-refractivity contribution in [3.8, 4) is 0 Å². The lowest BCUT2D eigenvalue weighted by Crippen LogP contribution is -2.65. The van der Waals surface area contributed by atoms with Gasteiger partial charge < -0.3 is 38.5 Å². The molecule has 14 nitrogen and oxygen atoms in total. The van der Waals surface area contributed by atoms with Crippen LogP contribution in [0.5, 0.6) is 0 Å².